The number of halogens is 1. The Bertz CT molecular complexity index is 565. The minimum atomic E-state index is -3.19. The summed E-state index contributed by atoms with van der Waals surface area (Å²) in [5.41, 5.74) is 0.132. The molecule has 1 aromatic heterocycles. The molecule has 9 heteroatoms. The van der Waals surface area contributed by atoms with E-state index in [0.29, 0.717) is 26.1 Å². The smallest absolute Gasteiger partial charge is 0.271 e. The standard InChI is InChI=1S/C11H17ClN4O3S/c1-3-16(20(2,18)19)6-4-5-14-11(17)9-7-13-8-10(12)15-9/h7-8H,3-6H2,1-2H3,(H,14,17). The quantitative estimate of drug-likeness (QED) is 0.740. The first-order valence-electron chi connectivity index (χ1n) is 6.05. The van der Waals surface area contributed by atoms with Crippen LogP contribution in [-0.4, -0.2) is 54.5 Å². The Morgan fingerprint density at radius 2 is 2.15 bits per heavy atom. The van der Waals surface area contributed by atoms with Crippen LogP contribution in [0.1, 0.15) is 23.8 Å². The summed E-state index contributed by atoms with van der Waals surface area (Å²) in [6, 6.07) is 0. The lowest BCUT2D eigenvalue weighted by Gasteiger charge is -2.17. The summed E-state index contributed by atoms with van der Waals surface area (Å²) < 4.78 is 24.1. The predicted molar refractivity (Wildman–Crippen MR) is 76.1 cm³/mol. The zero-order valence-corrected chi connectivity index (χ0v) is 12.9. The third-order valence-corrected chi connectivity index (χ3v) is 4.09. The van der Waals surface area contributed by atoms with Crippen LogP contribution in [0.15, 0.2) is 12.4 Å². The van der Waals surface area contributed by atoms with Crippen LogP contribution in [0.25, 0.3) is 0 Å². The average Bonchev–Trinajstić information content (AvgIpc) is 2.37. The molecule has 0 atom stereocenters. The maximum atomic E-state index is 11.7. The molecule has 0 aliphatic carbocycles. The van der Waals surface area contributed by atoms with E-state index in [2.05, 4.69) is 15.3 Å². The van der Waals surface area contributed by atoms with Gasteiger partial charge in [-0.25, -0.2) is 17.7 Å². The Kier molecular flexibility index (Phi) is 6.31. The molecular weight excluding hydrogens is 304 g/mol. The molecule has 0 aromatic carbocycles. The molecule has 20 heavy (non-hydrogen) atoms. The fraction of sp³-hybridized carbons (Fsp3) is 0.545. The van der Waals surface area contributed by atoms with E-state index in [9.17, 15) is 13.2 Å². The van der Waals surface area contributed by atoms with E-state index in [4.69, 9.17) is 11.6 Å². The van der Waals surface area contributed by atoms with Crippen molar-refractivity contribution >= 4 is 27.5 Å². The van der Waals surface area contributed by atoms with Gasteiger partial charge in [0.15, 0.2) is 0 Å². The summed E-state index contributed by atoms with van der Waals surface area (Å²) in [7, 11) is -3.19. The molecule has 1 heterocycles. The fourth-order valence-corrected chi connectivity index (χ4v) is 2.64. The van der Waals surface area contributed by atoms with Crippen LogP contribution < -0.4 is 5.32 Å². The van der Waals surface area contributed by atoms with Crippen molar-refractivity contribution in [3.63, 3.8) is 0 Å². The van der Waals surface area contributed by atoms with Crippen molar-refractivity contribution in [3.05, 3.63) is 23.2 Å². The van der Waals surface area contributed by atoms with Gasteiger partial charge in [0.05, 0.1) is 18.6 Å². The molecular formula is C11H17ClN4O3S. The molecule has 1 N–H and O–H groups in total. The van der Waals surface area contributed by atoms with Gasteiger partial charge in [-0.1, -0.05) is 18.5 Å². The first-order valence-corrected chi connectivity index (χ1v) is 8.28. The topological polar surface area (TPSA) is 92.3 Å². The summed E-state index contributed by atoms with van der Waals surface area (Å²) in [5, 5.41) is 2.78. The molecule has 1 amide bonds. The largest absolute Gasteiger partial charge is 0.351 e. The highest BCUT2D eigenvalue weighted by molar-refractivity contribution is 7.88. The van der Waals surface area contributed by atoms with Crippen LogP contribution in [0.2, 0.25) is 5.15 Å². The Hall–Kier alpha value is -1.25. The first-order chi connectivity index (χ1) is 9.34. The molecule has 0 bridgehead atoms. The highest BCUT2D eigenvalue weighted by Gasteiger charge is 2.14. The molecule has 0 saturated heterocycles. The van der Waals surface area contributed by atoms with Crippen LogP contribution in [-0.2, 0) is 10.0 Å². The number of hydrogen-bond donors (Lipinski definition) is 1. The van der Waals surface area contributed by atoms with Gasteiger partial charge >= 0.3 is 0 Å². The normalized spacial score (nSPS) is 11.6. The Morgan fingerprint density at radius 3 is 2.70 bits per heavy atom. The molecule has 7 nitrogen and oxygen atoms in total. The summed E-state index contributed by atoms with van der Waals surface area (Å²) in [6.45, 7) is 2.88. The second kappa shape index (κ2) is 7.51. The van der Waals surface area contributed by atoms with E-state index >= 15 is 0 Å². The van der Waals surface area contributed by atoms with Crippen molar-refractivity contribution in [1.29, 1.82) is 0 Å². The zero-order chi connectivity index (χ0) is 15.2. The summed E-state index contributed by atoms with van der Waals surface area (Å²) >= 11 is 5.63. The van der Waals surface area contributed by atoms with E-state index in [1.807, 2.05) is 0 Å². The number of aromatic nitrogens is 2. The van der Waals surface area contributed by atoms with E-state index in [1.165, 1.54) is 16.7 Å². The van der Waals surface area contributed by atoms with Crippen molar-refractivity contribution in [2.45, 2.75) is 13.3 Å². The SMILES string of the molecule is CCN(CCCNC(=O)c1cncc(Cl)n1)S(C)(=O)=O. The van der Waals surface area contributed by atoms with E-state index in [1.54, 1.807) is 6.92 Å². The van der Waals surface area contributed by atoms with Crippen LogP contribution in [0.5, 0.6) is 0 Å². The van der Waals surface area contributed by atoms with Gasteiger partial charge in [0, 0.05) is 19.6 Å². The number of carbonyl (C=O) groups excluding carboxylic acids is 1. The van der Waals surface area contributed by atoms with Gasteiger partial charge in [-0.2, -0.15) is 0 Å². The van der Waals surface area contributed by atoms with E-state index in [0.717, 1.165) is 6.26 Å². The van der Waals surface area contributed by atoms with Gasteiger partial charge in [-0.3, -0.25) is 9.78 Å². The molecule has 1 aromatic rings. The lowest BCUT2D eigenvalue weighted by atomic mass is 10.3. The maximum absolute atomic E-state index is 11.7. The third-order valence-electron chi connectivity index (χ3n) is 2.53. The molecule has 0 unspecified atom stereocenters. The Labute approximate surface area is 123 Å². The summed E-state index contributed by atoms with van der Waals surface area (Å²) in [4.78, 5) is 19.3. The van der Waals surface area contributed by atoms with Crippen molar-refractivity contribution in [2.75, 3.05) is 25.9 Å². The van der Waals surface area contributed by atoms with Gasteiger partial charge < -0.3 is 5.32 Å². The van der Waals surface area contributed by atoms with Crippen LogP contribution in [0.3, 0.4) is 0 Å². The van der Waals surface area contributed by atoms with Crippen LogP contribution in [0.4, 0.5) is 0 Å². The van der Waals surface area contributed by atoms with Gasteiger partial charge in [0.1, 0.15) is 10.8 Å². The zero-order valence-electron chi connectivity index (χ0n) is 11.3. The predicted octanol–water partition coefficient (Wildman–Crippen LogP) is 0.531. The second-order valence-corrected chi connectivity index (χ2v) is 6.46. The Morgan fingerprint density at radius 1 is 1.45 bits per heavy atom. The highest BCUT2D eigenvalue weighted by Crippen LogP contribution is 2.02. The number of amides is 1. The van der Waals surface area contributed by atoms with Crippen molar-refractivity contribution < 1.29 is 13.2 Å². The van der Waals surface area contributed by atoms with Crippen LogP contribution >= 0.6 is 11.6 Å². The fourth-order valence-electron chi connectivity index (χ4n) is 1.56. The van der Waals surface area contributed by atoms with Gasteiger partial charge in [0.2, 0.25) is 10.0 Å². The van der Waals surface area contributed by atoms with Gasteiger partial charge in [0.25, 0.3) is 5.91 Å². The number of rotatable bonds is 7. The number of nitrogens with one attached hydrogen (secondary N) is 1. The average molecular weight is 321 g/mol. The van der Waals surface area contributed by atoms with Gasteiger partial charge in [-0.15, -0.1) is 0 Å². The molecule has 0 spiro atoms. The van der Waals surface area contributed by atoms with E-state index < -0.39 is 10.0 Å². The first kappa shape index (κ1) is 16.8. The molecule has 0 aliphatic rings. The lowest BCUT2D eigenvalue weighted by molar-refractivity contribution is 0.0947. The molecule has 0 aliphatic heterocycles. The number of nitrogens with zero attached hydrogens (tertiary/aromatic N) is 3. The lowest BCUT2D eigenvalue weighted by Crippen LogP contribution is -2.33. The number of carbonyl (C=O) groups is 1. The van der Waals surface area contributed by atoms with Crippen molar-refractivity contribution in [1.82, 2.24) is 19.6 Å². The molecule has 112 valence electrons. The van der Waals surface area contributed by atoms with E-state index in [-0.39, 0.29) is 16.8 Å². The van der Waals surface area contributed by atoms with Crippen molar-refractivity contribution in [3.8, 4) is 0 Å². The molecule has 0 radical (unpaired) electrons. The molecule has 0 saturated carbocycles. The summed E-state index contributed by atoms with van der Waals surface area (Å²) in [6.07, 6.45) is 4.33. The van der Waals surface area contributed by atoms with Crippen molar-refractivity contribution in [2.24, 2.45) is 0 Å². The highest BCUT2D eigenvalue weighted by atomic mass is 35.5. The monoisotopic (exact) mass is 320 g/mol. The summed E-state index contributed by atoms with van der Waals surface area (Å²) in [5.74, 6) is -0.387. The number of hydrogen-bond acceptors (Lipinski definition) is 5. The molecule has 0 fully saturated rings. The maximum Gasteiger partial charge on any atom is 0.271 e. The van der Waals surface area contributed by atoms with Gasteiger partial charge in [-0.05, 0) is 6.42 Å². The minimum Gasteiger partial charge on any atom is -0.351 e. The third kappa shape index (κ3) is 5.40. The minimum absolute atomic E-state index is 0.132. The second-order valence-electron chi connectivity index (χ2n) is 4.09. The Balaban J connectivity index is 2.40. The van der Waals surface area contributed by atoms with Crippen LogP contribution in [0, 0.1) is 0 Å². The molecule has 1 rings (SSSR count). The number of sulfonamides is 1.